The molecule has 0 bridgehead atoms. The van der Waals surface area contributed by atoms with E-state index in [1.165, 1.54) is 12.8 Å². The minimum Gasteiger partial charge on any atom is -0.459 e. The van der Waals surface area contributed by atoms with Crippen molar-refractivity contribution in [3.05, 3.63) is 24.2 Å². The van der Waals surface area contributed by atoms with Gasteiger partial charge in [-0.05, 0) is 31.5 Å². The summed E-state index contributed by atoms with van der Waals surface area (Å²) in [5.74, 6) is 1.69. The van der Waals surface area contributed by atoms with Crippen molar-refractivity contribution >= 4 is 24.8 Å². The van der Waals surface area contributed by atoms with Gasteiger partial charge in [0.1, 0.15) is 0 Å². The van der Waals surface area contributed by atoms with Crippen LogP contribution in [0.2, 0.25) is 0 Å². The topological polar surface area (TPSA) is 76.1 Å². The fourth-order valence-corrected chi connectivity index (χ4v) is 2.09. The molecule has 1 fully saturated rings. The zero-order valence-electron chi connectivity index (χ0n) is 10.9. The molecule has 112 valence electrons. The molecule has 0 aliphatic carbocycles. The predicted octanol–water partition coefficient (Wildman–Crippen LogP) is 2.01. The number of hydrogen-bond acceptors (Lipinski definition) is 6. The maximum Gasteiger partial charge on any atom is 0.293 e. The molecule has 8 heteroatoms. The SMILES string of the molecule is Cl.Cl.c1coc(-c2nc(CNC3CCCNC3)no2)c1. The third kappa shape index (κ3) is 4.21. The standard InChI is InChI=1S/C12H16N4O2.2ClH/c1-3-9(7-13-5-1)14-8-11-15-12(18-16-11)10-4-2-6-17-10;;/h2,4,6,9,13-14H,1,3,5,7-8H2;2*1H. The monoisotopic (exact) mass is 320 g/mol. The van der Waals surface area contributed by atoms with Crippen LogP contribution < -0.4 is 10.6 Å². The summed E-state index contributed by atoms with van der Waals surface area (Å²) >= 11 is 0. The molecule has 0 amide bonds. The quantitative estimate of drug-likeness (QED) is 0.897. The maximum absolute atomic E-state index is 5.20. The van der Waals surface area contributed by atoms with Crippen molar-refractivity contribution in [2.45, 2.75) is 25.4 Å². The lowest BCUT2D eigenvalue weighted by Gasteiger charge is -2.23. The molecule has 20 heavy (non-hydrogen) atoms. The van der Waals surface area contributed by atoms with Crippen molar-refractivity contribution in [3.63, 3.8) is 0 Å². The summed E-state index contributed by atoms with van der Waals surface area (Å²) in [6.45, 7) is 2.74. The number of piperidine rings is 1. The fourth-order valence-electron chi connectivity index (χ4n) is 2.09. The summed E-state index contributed by atoms with van der Waals surface area (Å²) in [5.41, 5.74) is 0. The minimum absolute atomic E-state index is 0. The first-order valence-corrected chi connectivity index (χ1v) is 6.22. The third-order valence-corrected chi connectivity index (χ3v) is 3.05. The Labute approximate surface area is 129 Å². The Hall–Kier alpha value is -1.08. The van der Waals surface area contributed by atoms with Crippen LogP contribution in [0, 0.1) is 0 Å². The number of nitrogens with zero attached hydrogens (tertiary/aromatic N) is 2. The summed E-state index contributed by atoms with van der Waals surface area (Å²) in [6, 6.07) is 4.09. The van der Waals surface area contributed by atoms with E-state index in [1.807, 2.05) is 0 Å². The Morgan fingerprint density at radius 2 is 2.30 bits per heavy atom. The van der Waals surface area contributed by atoms with Gasteiger partial charge in [-0.25, -0.2) is 0 Å². The highest BCUT2D eigenvalue weighted by molar-refractivity contribution is 5.85. The van der Waals surface area contributed by atoms with Crippen molar-refractivity contribution in [3.8, 4) is 11.7 Å². The van der Waals surface area contributed by atoms with E-state index in [4.69, 9.17) is 8.94 Å². The van der Waals surface area contributed by atoms with Gasteiger partial charge in [0.25, 0.3) is 5.89 Å². The van der Waals surface area contributed by atoms with Gasteiger partial charge < -0.3 is 19.6 Å². The van der Waals surface area contributed by atoms with E-state index in [9.17, 15) is 0 Å². The second-order valence-corrected chi connectivity index (χ2v) is 4.42. The van der Waals surface area contributed by atoms with Crippen molar-refractivity contribution < 1.29 is 8.94 Å². The lowest BCUT2D eigenvalue weighted by atomic mass is 10.1. The fraction of sp³-hybridized carbons (Fsp3) is 0.500. The largest absolute Gasteiger partial charge is 0.459 e. The van der Waals surface area contributed by atoms with E-state index < -0.39 is 0 Å². The van der Waals surface area contributed by atoms with Crippen LogP contribution in [0.4, 0.5) is 0 Å². The van der Waals surface area contributed by atoms with Crippen molar-refractivity contribution in [2.75, 3.05) is 13.1 Å². The molecule has 2 N–H and O–H groups in total. The van der Waals surface area contributed by atoms with E-state index in [1.54, 1.807) is 18.4 Å². The van der Waals surface area contributed by atoms with Crippen LogP contribution >= 0.6 is 24.8 Å². The van der Waals surface area contributed by atoms with Gasteiger partial charge in [0, 0.05) is 12.6 Å². The molecule has 1 saturated heterocycles. The van der Waals surface area contributed by atoms with Crippen LogP contribution in [-0.2, 0) is 6.54 Å². The number of hydrogen-bond donors (Lipinski definition) is 2. The highest BCUT2D eigenvalue weighted by Gasteiger charge is 2.15. The molecule has 0 spiro atoms. The van der Waals surface area contributed by atoms with Crippen molar-refractivity contribution in [1.29, 1.82) is 0 Å². The van der Waals surface area contributed by atoms with Gasteiger partial charge in [0.2, 0.25) is 0 Å². The van der Waals surface area contributed by atoms with Gasteiger partial charge in [0.05, 0.1) is 12.8 Å². The highest BCUT2D eigenvalue weighted by atomic mass is 35.5. The smallest absolute Gasteiger partial charge is 0.293 e. The molecule has 2 aromatic heterocycles. The number of nitrogens with one attached hydrogen (secondary N) is 2. The average Bonchev–Trinajstić information content (AvgIpc) is 3.08. The van der Waals surface area contributed by atoms with Crippen LogP contribution in [0.15, 0.2) is 27.3 Å². The van der Waals surface area contributed by atoms with E-state index in [-0.39, 0.29) is 24.8 Å². The third-order valence-electron chi connectivity index (χ3n) is 3.05. The number of halogens is 2. The Balaban J connectivity index is 0.000001000. The van der Waals surface area contributed by atoms with E-state index in [2.05, 4.69) is 20.8 Å². The van der Waals surface area contributed by atoms with Crippen LogP contribution in [0.5, 0.6) is 0 Å². The van der Waals surface area contributed by atoms with Crippen molar-refractivity contribution in [1.82, 2.24) is 20.8 Å². The normalized spacial score (nSPS) is 18.1. The van der Waals surface area contributed by atoms with E-state index in [0.717, 1.165) is 13.1 Å². The molecule has 1 unspecified atom stereocenters. The molecule has 6 nitrogen and oxygen atoms in total. The zero-order chi connectivity index (χ0) is 12.2. The molecular weight excluding hydrogens is 303 g/mol. The Bertz CT molecular complexity index is 483. The Morgan fingerprint density at radius 3 is 3.00 bits per heavy atom. The number of aromatic nitrogens is 2. The second kappa shape index (κ2) is 8.26. The molecular formula is C12H18Cl2N4O2. The molecule has 1 aliphatic rings. The lowest BCUT2D eigenvalue weighted by Crippen LogP contribution is -2.42. The molecule has 0 aromatic carbocycles. The molecule has 2 aromatic rings. The van der Waals surface area contributed by atoms with Crippen LogP contribution in [0.1, 0.15) is 18.7 Å². The van der Waals surface area contributed by atoms with Gasteiger partial charge in [-0.15, -0.1) is 24.8 Å². The summed E-state index contributed by atoms with van der Waals surface area (Å²) < 4.78 is 10.3. The molecule has 3 rings (SSSR count). The van der Waals surface area contributed by atoms with Gasteiger partial charge in [-0.3, -0.25) is 0 Å². The van der Waals surface area contributed by atoms with Crippen LogP contribution in [-0.4, -0.2) is 29.3 Å². The summed E-state index contributed by atoms with van der Waals surface area (Å²) in [5, 5.41) is 10.7. The van der Waals surface area contributed by atoms with Crippen LogP contribution in [0.3, 0.4) is 0 Å². The van der Waals surface area contributed by atoms with Gasteiger partial charge in [-0.1, -0.05) is 5.16 Å². The van der Waals surface area contributed by atoms with Gasteiger partial charge >= 0.3 is 0 Å². The molecule has 0 saturated carbocycles. The number of furan rings is 1. The minimum atomic E-state index is 0. The first-order valence-electron chi connectivity index (χ1n) is 6.22. The Morgan fingerprint density at radius 1 is 1.40 bits per heavy atom. The molecule has 3 heterocycles. The van der Waals surface area contributed by atoms with E-state index in [0.29, 0.717) is 30.1 Å². The summed E-state index contributed by atoms with van der Waals surface area (Å²) in [7, 11) is 0. The number of rotatable bonds is 4. The summed E-state index contributed by atoms with van der Waals surface area (Å²) in [4.78, 5) is 4.28. The van der Waals surface area contributed by atoms with E-state index >= 15 is 0 Å². The van der Waals surface area contributed by atoms with Gasteiger partial charge in [-0.2, -0.15) is 4.98 Å². The Kier molecular flexibility index (Phi) is 7.01. The second-order valence-electron chi connectivity index (χ2n) is 4.42. The average molecular weight is 321 g/mol. The highest BCUT2D eigenvalue weighted by Crippen LogP contribution is 2.16. The maximum atomic E-state index is 5.20. The first-order chi connectivity index (χ1) is 8.92. The first kappa shape index (κ1) is 17.0. The predicted molar refractivity (Wildman–Crippen MR) is 79.2 cm³/mol. The molecule has 1 aliphatic heterocycles. The van der Waals surface area contributed by atoms with Gasteiger partial charge in [0.15, 0.2) is 11.6 Å². The summed E-state index contributed by atoms with van der Waals surface area (Å²) in [6.07, 6.45) is 3.99. The molecule has 0 radical (unpaired) electrons. The molecule has 1 atom stereocenters. The zero-order valence-corrected chi connectivity index (χ0v) is 12.5. The van der Waals surface area contributed by atoms with Crippen LogP contribution in [0.25, 0.3) is 11.7 Å². The van der Waals surface area contributed by atoms with Crippen molar-refractivity contribution in [2.24, 2.45) is 0 Å². The lowest BCUT2D eigenvalue weighted by molar-refractivity contribution is 0.374.